The van der Waals surface area contributed by atoms with Crippen molar-refractivity contribution in [3.63, 3.8) is 0 Å². The van der Waals surface area contributed by atoms with Gasteiger partial charge in [-0.15, -0.1) is 22.9 Å². The fraction of sp³-hybridized carbons (Fsp3) is 0.667. The third kappa shape index (κ3) is 3.18. The fourth-order valence-electron chi connectivity index (χ4n) is 2.35. The van der Waals surface area contributed by atoms with E-state index in [9.17, 15) is 8.42 Å². The molecule has 1 aliphatic rings. The Balaban J connectivity index is 2.28. The highest BCUT2D eigenvalue weighted by molar-refractivity contribution is 9.11. The molecule has 1 aromatic rings. The average molecular weight is 387 g/mol. The number of aryl methyl sites for hydroxylation is 1. The molecule has 0 amide bonds. The van der Waals surface area contributed by atoms with Crippen LogP contribution in [-0.2, 0) is 10.0 Å². The maximum Gasteiger partial charge on any atom is 0.252 e. The van der Waals surface area contributed by atoms with E-state index in [1.807, 2.05) is 6.92 Å². The molecule has 2 unspecified atom stereocenters. The van der Waals surface area contributed by atoms with Gasteiger partial charge in [-0.25, -0.2) is 8.42 Å². The van der Waals surface area contributed by atoms with Crippen LogP contribution in [0.25, 0.3) is 0 Å². The summed E-state index contributed by atoms with van der Waals surface area (Å²) in [5, 5.41) is -0.0852. The van der Waals surface area contributed by atoms with Crippen LogP contribution in [0.5, 0.6) is 0 Å². The number of alkyl halides is 1. The second-order valence-corrected chi connectivity index (χ2v) is 10.1. The van der Waals surface area contributed by atoms with Gasteiger partial charge in [0.1, 0.15) is 4.21 Å². The van der Waals surface area contributed by atoms with E-state index in [2.05, 4.69) is 15.9 Å². The second kappa shape index (κ2) is 6.02. The van der Waals surface area contributed by atoms with Crippen molar-refractivity contribution in [2.75, 3.05) is 7.05 Å². The number of hydrogen-bond donors (Lipinski definition) is 0. The van der Waals surface area contributed by atoms with Crippen molar-refractivity contribution < 1.29 is 8.42 Å². The maximum absolute atomic E-state index is 12.6. The summed E-state index contributed by atoms with van der Waals surface area (Å²) in [5.41, 5.74) is 0.947. The van der Waals surface area contributed by atoms with Crippen LogP contribution in [0.15, 0.2) is 14.1 Å². The Morgan fingerprint density at radius 1 is 1.42 bits per heavy atom. The predicted molar refractivity (Wildman–Crippen MR) is 83.6 cm³/mol. The van der Waals surface area contributed by atoms with Gasteiger partial charge in [-0.3, -0.25) is 0 Å². The molecule has 0 spiro atoms. The van der Waals surface area contributed by atoms with Gasteiger partial charge < -0.3 is 0 Å². The Bertz CT molecular complexity index is 539. The maximum atomic E-state index is 12.6. The van der Waals surface area contributed by atoms with Crippen LogP contribution in [0, 0.1) is 6.92 Å². The van der Waals surface area contributed by atoms with Crippen molar-refractivity contribution in [3.8, 4) is 0 Å². The lowest BCUT2D eigenvalue weighted by Crippen LogP contribution is -2.43. The third-order valence-corrected chi connectivity index (χ3v) is 8.56. The zero-order valence-electron chi connectivity index (χ0n) is 10.9. The zero-order chi connectivity index (χ0) is 14.2. The average Bonchev–Trinajstić information content (AvgIpc) is 2.70. The van der Waals surface area contributed by atoms with Crippen molar-refractivity contribution in [2.24, 2.45) is 0 Å². The van der Waals surface area contributed by atoms with Gasteiger partial charge in [0, 0.05) is 13.1 Å². The first-order chi connectivity index (χ1) is 8.84. The molecule has 7 heteroatoms. The first kappa shape index (κ1) is 15.8. The van der Waals surface area contributed by atoms with E-state index >= 15 is 0 Å². The molecule has 108 valence electrons. The minimum absolute atomic E-state index is 0.0852. The minimum atomic E-state index is -3.44. The monoisotopic (exact) mass is 385 g/mol. The summed E-state index contributed by atoms with van der Waals surface area (Å²) >= 11 is 10.9. The molecule has 1 heterocycles. The van der Waals surface area contributed by atoms with Crippen LogP contribution in [0.1, 0.15) is 31.2 Å². The van der Waals surface area contributed by atoms with E-state index in [1.165, 1.54) is 15.6 Å². The Hall–Kier alpha value is 0.380. The van der Waals surface area contributed by atoms with E-state index < -0.39 is 10.0 Å². The summed E-state index contributed by atoms with van der Waals surface area (Å²) in [4.78, 5) is 0. The normalized spacial score (nSPS) is 24.9. The largest absolute Gasteiger partial charge is 0.252 e. The molecule has 0 aliphatic heterocycles. The Kier molecular flexibility index (Phi) is 4.99. The van der Waals surface area contributed by atoms with E-state index in [4.69, 9.17) is 11.6 Å². The summed E-state index contributed by atoms with van der Waals surface area (Å²) in [6, 6.07) is 1.62. The van der Waals surface area contributed by atoms with Gasteiger partial charge >= 0.3 is 0 Å². The summed E-state index contributed by atoms with van der Waals surface area (Å²) in [6.45, 7) is 1.89. The standard InChI is InChI=1S/C12H17BrClNO2S2/c1-8-7-11(18-12(8)13)19(16,17)15(2)10-6-4-3-5-9(10)14/h7,9-10H,3-6H2,1-2H3. The molecule has 1 fully saturated rings. The van der Waals surface area contributed by atoms with Gasteiger partial charge in [0.15, 0.2) is 0 Å². The second-order valence-electron chi connectivity index (χ2n) is 4.91. The highest BCUT2D eigenvalue weighted by Crippen LogP contribution is 2.35. The lowest BCUT2D eigenvalue weighted by Gasteiger charge is -2.33. The Morgan fingerprint density at radius 3 is 2.58 bits per heavy atom. The molecule has 1 aliphatic carbocycles. The molecule has 2 rings (SSSR count). The number of hydrogen-bond acceptors (Lipinski definition) is 3. The topological polar surface area (TPSA) is 37.4 Å². The van der Waals surface area contributed by atoms with Crippen molar-refractivity contribution in [3.05, 3.63) is 15.4 Å². The van der Waals surface area contributed by atoms with Crippen molar-refractivity contribution in [1.82, 2.24) is 4.31 Å². The smallest absolute Gasteiger partial charge is 0.206 e. The molecule has 1 saturated carbocycles. The first-order valence-corrected chi connectivity index (χ1v) is 9.70. The van der Waals surface area contributed by atoms with Crippen molar-refractivity contribution >= 4 is 48.9 Å². The summed E-state index contributed by atoms with van der Waals surface area (Å²) in [7, 11) is -1.79. The molecule has 2 atom stereocenters. The molecule has 0 radical (unpaired) electrons. The zero-order valence-corrected chi connectivity index (χ0v) is 14.9. The third-order valence-electron chi connectivity index (χ3n) is 3.58. The SMILES string of the molecule is Cc1cc(S(=O)(=O)N(C)C2CCCCC2Cl)sc1Br. The minimum Gasteiger partial charge on any atom is -0.206 e. The highest BCUT2D eigenvalue weighted by Gasteiger charge is 2.35. The van der Waals surface area contributed by atoms with Crippen LogP contribution in [0.2, 0.25) is 0 Å². The summed E-state index contributed by atoms with van der Waals surface area (Å²) < 4.78 is 27.9. The van der Waals surface area contributed by atoms with E-state index in [1.54, 1.807) is 13.1 Å². The van der Waals surface area contributed by atoms with Gasteiger partial charge in [0.25, 0.3) is 10.0 Å². The van der Waals surface area contributed by atoms with Crippen LogP contribution in [0.4, 0.5) is 0 Å². The van der Waals surface area contributed by atoms with E-state index in [-0.39, 0.29) is 11.4 Å². The molecule has 0 aromatic carbocycles. The molecule has 0 bridgehead atoms. The molecule has 3 nitrogen and oxygen atoms in total. The number of thiophene rings is 1. The number of sulfonamides is 1. The molecular formula is C12H17BrClNO2S2. The van der Waals surface area contributed by atoms with Gasteiger partial charge in [-0.1, -0.05) is 12.8 Å². The van der Waals surface area contributed by atoms with Gasteiger partial charge in [-0.2, -0.15) is 4.31 Å². The fourth-order valence-corrected chi connectivity index (χ4v) is 6.70. The molecule has 0 N–H and O–H groups in total. The number of rotatable bonds is 3. The Labute approximate surface area is 132 Å². The van der Waals surface area contributed by atoms with E-state index in [0.717, 1.165) is 35.0 Å². The molecular weight excluding hydrogens is 370 g/mol. The number of halogens is 2. The van der Waals surface area contributed by atoms with Gasteiger partial charge in [-0.05, 0) is 47.3 Å². The van der Waals surface area contributed by atoms with Crippen LogP contribution >= 0.6 is 38.9 Å². The quantitative estimate of drug-likeness (QED) is 0.737. The lowest BCUT2D eigenvalue weighted by molar-refractivity contribution is 0.291. The van der Waals surface area contributed by atoms with Crippen LogP contribution in [-0.4, -0.2) is 31.2 Å². The molecule has 0 saturated heterocycles. The van der Waals surface area contributed by atoms with Gasteiger partial charge in [0.05, 0.1) is 9.16 Å². The summed E-state index contributed by atoms with van der Waals surface area (Å²) in [5.74, 6) is 0. The predicted octanol–water partition coefficient (Wildman–Crippen LogP) is 3.99. The first-order valence-electron chi connectivity index (χ1n) is 6.22. The van der Waals surface area contributed by atoms with Crippen LogP contribution < -0.4 is 0 Å². The van der Waals surface area contributed by atoms with Crippen molar-refractivity contribution in [1.29, 1.82) is 0 Å². The van der Waals surface area contributed by atoms with Crippen LogP contribution in [0.3, 0.4) is 0 Å². The lowest BCUT2D eigenvalue weighted by atomic mass is 9.95. The summed E-state index contributed by atoms with van der Waals surface area (Å²) in [6.07, 6.45) is 3.86. The van der Waals surface area contributed by atoms with Crippen molar-refractivity contribution in [2.45, 2.75) is 48.2 Å². The van der Waals surface area contributed by atoms with Gasteiger partial charge in [0.2, 0.25) is 0 Å². The number of nitrogens with zero attached hydrogens (tertiary/aromatic N) is 1. The van der Waals surface area contributed by atoms with E-state index in [0.29, 0.717) is 4.21 Å². The molecule has 1 aromatic heterocycles. The Morgan fingerprint density at radius 2 is 2.05 bits per heavy atom. The highest BCUT2D eigenvalue weighted by atomic mass is 79.9. The molecule has 19 heavy (non-hydrogen) atoms.